The number of carbonyl (C=O) groups excluding carboxylic acids is 1. The van der Waals surface area contributed by atoms with E-state index in [1.165, 1.54) is 24.9 Å². The molecule has 0 bridgehead atoms. The van der Waals surface area contributed by atoms with E-state index in [2.05, 4.69) is 5.32 Å². The zero-order valence-electron chi connectivity index (χ0n) is 13.5. The average molecular weight is 363 g/mol. The predicted molar refractivity (Wildman–Crippen MR) is 93.7 cm³/mol. The number of halogens is 1. The second kappa shape index (κ2) is 6.90. The van der Waals surface area contributed by atoms with Gasteiger partial charge in [-0.3, -0.25) is 9.36 Å². The molecule has 0 saturated carbocycles. The number of nitrogens with zero attached hydrogens (tertiary/aromatic N) is 1. The van der Waals surface area contributed by atoms with Crippen LogP contribution in [0.25, 0.3) is 11.1 Å². The molecule has 3 rings (SSSR count). The van der Waals surface area contributed by atoms with Gasteiger partial charge in [0.25, 0.3) is 0 Å². The first-order chi connectivity index (χ1) is 12.0. The quantitative estimate of drug-likeness (QED) is 0.754. The molecule has 0 atom stereocenters. The molecule has 1 N–H and O–H groups in total. The van der Waals surface area contributed by atoms with Gasteiger partial charge in [0.2, 0.25) is 5.91 Å². The fourth-order valence-corrected chi connectivity index (χ4v) is 2.58. The predicted octanol–water partition coefficient (Wildman–Crippen LogP) is 2.90. The number of oxazole rings is 1. The average Bonchev–Trinajstić information content (AvgIpc) is 2.88. The summed E-state index contributed by atoms with van der Waals surface area (Å²) in [4.78, 5) is 24.3. The van der Waals surface area contributed by atoms with Crippen molar-refractivity contribution in [3.05, 3.63) is 52.0 Å². The molecule has 3 aromatic rings. The van der Waals surface area contributed by atoms with Crippen LogP contribution < -0.4 is 20.5 Å². The van der Waals surface area contributed by atoms with Gasteiger partial charge in [-0.2, -0.15) is 0 Å². The Morgan fingerprint density at radius 1 is 1.16 bits per heavy atom. The van der Waals surface area contributed by atoms with Crippen molar-refractivity contribution in [2.45, 2.75) is 6.54 Å². The summed E-state index contributed by atoms with van der Waals surface area (Å²) >= 11 is 5.88. The van der Waals surface area contributed by atoms with E-state index in [1.54, 1.807) is 30.3 Å². The topological polar surface area (TPSA) is 82.7 Å². The molecule has 0 saturated heterocycles. The normalized spacial score (nSPS) is 10.7. The fraction of sp³-hybridized carbons (Fsp3) is 0.176. The van der Waals surface area contributed by atoms with E-state index < -0.39 is 11.7 Å². The summed E-state index contributed by atoms with van der Waals surface area (Å²) in [5.74, 6) is 0.0520. The Labute approximate surface area is 147 Å². The number of fused-ring (bicyclic) bond motifs is 1. The van der Waals surface area contributed by atoms with Crippen molar-refractivity contribution in [3.8, 4) is 11.5 Å². The number of aromatic nitrogens is 1. The third-order valence-corrected chi connectivity index (χ3v) is 3.80. The first kappa shape index (κ1) is 16.9. The van der Waals surface area contributed by atoms with Gasteiger partial charge in [-0.15, -0.1) is 0 Å². The molecule has 0 unspecified atom stereocenters. The number of hydrogen-bond donors (Lipinski definition) is 1. The lowest BCUT2D eigenvalue weighted by Gasteiger charge is -2.10. The monoisotopic (exact) mass is 362 g/mol. The molecule has 2 aromatic carbocycles. The van der Waals surface area contributed by atoms with Crippen molar-refractivity contribution in [1.29, 1.82) is 0 Å². The Bertz CT molecular complexity index is 970. The number of nitrogens with one attached hydrogen (secondary N) is 1. The maximum Gasteiger partial charge on any atom is 0.420 e. The van der Waals surface area contributed by atoms with Gasteiger partial charge in [0.1, 0.15) is 18.0 Å². The van der Waals surface area contributed by atoms with E-state index in [0.29, 0.717) is 33.3 Å². The summed E-state index contributed by atoms with van der Waals surface area (Å²) < 4.78 is 16.7. The van der Waals surface area contributed by atoms with Crippen molar-refractivity contribution in [1.82, 2.24) is 4.57 Å². The van der Waals surface area contributed by atoms with Crippen LogP contribution in [0.3, 0.4) is 0 Å². The molecule has 0 fully saturated rings. The molecule has 1 amide bonds. The first-order valence-electron chi connectivity index (χ1n) is 7.32. The van der Waals surface area contributed by atoms with Crippen LogP contribution in [-0.4, -0.2) is 24.7 Å². The van der Waals surface area contributed by atoms with Crippen LogP contribution in [-0.2, 0) is 11.3 Å². The van der Waals surface area contributed by atoms with E-state index in [4.69, 9.17) is 25.5 Å². The fourth-order valence-electron chi connectivity index (χ4n) is 2.41. The maximum absolute atomic E-state index is 12.3. The number of methoxy groups -OCH3 is 2. The van der Waals surface area contributed by atoms with E-state index >= 15 is 0 Å². The van der Waals surface area contributed by atoms with Crippen molar-refractivity contribution < 1.29 is 18.7 Å². The molecule has 8 heteroatoms. The minimum Gasteiger partial charge on any atom is -0.497 e. The molecule has 25 heavy (non-hydrogen) atoms. The molecule has 1 aromatic heterocycles. The molecule has 0 aliphatic rings. The van der Waals surface area contributed by atoms with Crippen LogP contribution in [0.15, 0.2) is 45.6 Å². The number of hydrogen-bond acceptors (Lipinski definition) is 5. The molecule has 1 heterocycles. The van der Waals surface area contributed by atoms with Gasteiger partial charge in [0, 0.05) is 35.0 Å². The zero-order chi connectivity index (χ0) is 18.0. The van der Waals surface area contributed by atoms with Gasteiger partial charge in [-0.05, 0) is 12.1 Å². The Kier molecular flexibility index (Phi) is 4.67. The Morgan fingerprint density at radius 2 is 1.84 bits per heavy atom. The molecule has 130 valence electrons. The highest BCUT2D eigenvalue weighted by atomic mass is 35.5. The third kappa shape index (κ3) is 3.61. The summed E-state index contributed by atoms with van der Waals surface area (Å²) in [6.07, 6.45) is 0. The highest BCUT2D eigenvalue weighted by Crippen LogP contribution is 2.26. The molecule has 0 radical (unpaired) electrons. The number of carbonyl (C=O) groups is 1. The van der Waals surface area contributed by atoms with Crippen LogP contribution in [0.1, 0.15) is 0 Å². The van der Waals surface area contributed by atoms with E-state index in [9.17, 15) is 9.59 Å². The summed E-state index contributed by atoms with van der Waals surface area (Å²) in [6.45, 7) is -0.201. The molecule has 0 aliphatic heterocycles. The Hall–Kier alpha value is -2.93. The highest BCUT2D eigenvalue weighted by molar-refractivity contribution is 6.31. The van der Waals surface area contributed by atoms with Crippen molar-refractivity contribution in [3.63, 3.8) is 0 Å². The highest BCUT2D eigenvalue weighted by Gasteiger charge is 2.14. The smallest absolute Gasteiger partial charge is 0.420 e. The van der Waals surface area contributed by atoms with Gasteiger partial charge >= 0.3 is 5.76 Å². The summed E-state index contributed by atoms with van der Waals surface area (Å²) in [5.41, 5.74) is 1.31. The van der Waals surface area contributed by atoms with Crippen molar-refractivity contribution in [2.75, 3.05) is 19.5 Å². The number of ether oxygens (including phenoxy) is 2. The van der Waals surface area contributed by atoms with Gasteiger partial charge in [-0.1, -0.05) is 11.6 Å². The summed E-state index contributed by atoms with van der Waals surface area (Å²) in [7, 11) is 3.03. The standard InChI is InChI=1S/C17H15ClN2O5/c1-23-12-6-11(7-13(8-12)24-2)19-16(21)9-20-14-4-3-10(18)5-15(14)25-17(20)22/h3-8H,9H2,1-2H3,(H,19,21). The second-order valence-corrected chi connectivity index (χ2v) is 5.65. The van der Waals surface area contributed by atoms with Gasteiger partial charge in [0.05, 0.1) is 19.7 Å². The molecular weight excluding hydrogens is 348 g/mol. The van der Waals surface area contributed by atoms with Crippen molar-refractivity contribution >= 4 is 34.3 Å². The Morgan fingerprint density at radius 3 is 2.48 bits per heavy atom. The lowest BCUT2D eigenvalue weighted by atomic mass is 10.2. The zero-order valence-corrected chi connectivity index (χ0v) is 14.3. The minimum absolute atomic E-state index is 0.201. The van der Waals surface area contributed by atoms with Crippen LogP contribution in [0.4, 0.5) is 5.69 Å². The van der Waals surface area contributed by atoms with Crippen LogP contribution in [0.2, 0.25) is 5.02 Å². The van der Waals surface area contributed by atoms with E-state index in [-0.39, 0.29) is 6.54 Å². The summed E-state index contributed by atoms with van der Waals surface area (Å²) in [6, 6.07) is 9.77. The van der Waals surface area contributed by atoms with Gasteiger partial charge in [0.15, 0.2) is 5.58 Å². The molecule has 7 nitrogen and oxygen atoms in total. The molecule has 0 aliphatic carbocycles. The van der Waals surface area contributed by atoms with E-state index in [0.717, 1.165) is 0 Å². The number of rotatable bonds is 5. The largest absolute Gasteiger partial charge is 0.497 e. The van der Waals surface area contributed by atoms with Crippen LogP contribution in [0.5, 0.6) is 11.5 Å². The van der Waals surface area contributed by atoms with Gasteiger partial charge < -0.3 is 19.2 Å². The third-order valence-electron chi connectivity index (χ3n) is 3.57. The summed E-state index contributed by atoms with van der Waals surface area (Å²) in [5, 5.41) is 3.15. The SMILES string of the molecule is COc1cc(NC(=O)Cn2c(=O)oc3cc(Cl)ccc32)cc(OC)c1. The molecular formula is C17H15ClN2O5. The van der Waals surface area contributed by atoms with Crippen molar-refractivity contribution in [2.24, 2.45) is 0 Å². The Balaban J connectivity index is 1.84. The maximum atomic E-state index is 12.3. The number of benzene rings is 2. The van der Waals surface area contributed by atoms with Gasteiger partial charge in [-0.25, -0.2) is 4.79 Å². The number of anilines is 1. The lowest BCUT2D eigenvalue weighted by Crippen LogP contribution is -2.24. The second-order valence-electron chi connectivity index (χ2n) is 5.22. The van der Waals surface area contributed by atoms with Crippen LogP contribution in [0, 0.1) is 0 Å². The molecule has 0 spiro atoms. The minimum atomic E-state index is -0.629. The van der Waals surface area contributed by atoms with E-state index in [1.807, 2.05) is 0 Å². The first-order valence-corrected chi connectivity index (χ1v) is 7.70. The van der Waals surface area contributed by atoms with Crippen LogP contribution >= 0.6 is 11.6 Å². The lowest BCUT2D eigenvalue weighted by molar-refractivity contribution is -0.116. The number of amides is 1.